The monoisotopic (exact) mass is 804 g/mol. The molecule has 16 nitrogen and oxygen atoms in total. The topological polar surface area (TPSA) is 208 Å². The fourth-order valence-corrected chi connectivity index (χ4v) is 8.79. The van der Waals surface area contributed by atoms with Crippen LogP contribution in [0.3, 0.4) is 0 Å². The van der Waals surface area contributed by atoms with Gasteiger partial charge in [-0.25, -0.2) is 22.7 Å². The number of quaternary nitrogens is 1. The molecule has 0 radical (unpaired) electrons. The summed E-state index contributed by atoms with van der Waals surface area (Å²) in [4.78, 5) is 46.1. The van der Waals surface area contributed by atoms with Gasteiger partial charge in [-0.15, -0.1) is 0 Å². The standard InChI is InChI=1S/C39H48F3N13O3/c1-45-30-13-24(4-7-27(30)34(44)28-8-9-33(56)50-38(28)57)47-25-18-52(19-25)15-21-2-5-26(6-3-21)55-20-31(35(51-55)36(41)42)48-39(58)29-14-46-54-11-10-32(49-37(29)54)53-16-22(40)12-23(43)17-53/h4,7,10-11,13-14,20-23,25-26,28,36,44-45,47H,2-3,5-6,8-9,12,15-19,43H2,1H3,(H,48,58)(H,50,56,57)/p+1/t21?,22-,23-,26?,28?/m1/s1. The third-order valence-corrected chi connectivity index (χ3v) is 11.8. The summed E-state index contributed by atoms with van der Waals surface area (Å²) in [5.74, 6) is -1.11. The van der Waals surface area contributed by atoms with E-state index in [0.29, 0.717) is 30.3 Å². The SMILES string of the molecule is C[NH2+]c1cc(NC2CN(CC3CCC(n4cc(NC(=O)c5cnn6ccc(N7C[C@H](N)C[C@@H](F)C7)nc56)c(C(F)F)n4)CC3)C2)ccc1C(=N)C1CCC(=O)NC1=O. The average Bonchev–Trinajstić information content (AvgIpc) is 3.81. The number of anilines is 3. The van der Waals surface area contributed by atoms with Gasteiger partial charge in [0.1, 0.15) is 23.2 Å². The largest absolute Gasteiger partial charge is 0.380 e. The number of hydrogen-bond donors (Lipinski definition) is 6. The highest BCUT2D eigenvalue weighted by atomic mass is 19.3. The van der Waals surface area contributed by atoms with Crippen molar-refractivity contribution in [3.63, 3.8) is 0 Å². The molecule has 3 saturated heterocycles. The first kappa shape index (κ1) is 39.4. The lowest BCUT2D eigenvalue weighted by atomic mass is 9.85. The van der Waals surface area contributed by atoms with Crippen molar-refractivity contribution in [2.24, 2.45) is 17.6 Å². The van der Waals surface area contributed by atoms with E-state index in [1.165, 1.54) is 16.9 Å². The maximum absolute atomic E-state index is 14.2. The van der Waals surface area contributed by atoms with Gasteiger partial charge in [0.2, 0.25) is 11.8 Å². The Labute approximate surface area is 332 Å². The molecule has 8 N–H and O–H groups in total. The Morgan fingerprint density at radius 1 is 1.09 bits per heavy atom. The smallest absolute Gasteiger partial charge is 0.284 e. The molecule has 0 spiro atoms. The number of amides is 3. The molecule has 4 fully saturated rings. The van der Waals surface area contributed by atoms with Crippen molar-refractivity contribution in [3.05, 3.63) is 59.7 Å². The summed E-state index contributed by atoms with van der Waals surface area (Å²) in [6.45, 7) is 3.25. The zero-order valence-corrected chi connectivity index (χ0v) is 32.2. The van der Waals surface area contributed by atoms with E-state index >= 15 is 0 Å². The van der Waals surface area contributed by atoms with Crippen LogP contribution in [0.2, 0.25) is 0 Å². The van der Waals surface area contributed by atoms with Crippen LogP contribution in [0.25, 0.3) is 5.65 Å². The third kappa shape index (κ3) is 8.28. The van der Waals surface area contributed by atoms with E-state index in [1.807, 2.05) is 30.6 Å². The van der Waals surface area contributed by atoms with Gasteiger partial charge in [-0.2, -0.15) is 10.2 Å². The summed E-state index contributed by atoms with van der Waals surface area (Å²) in [6.07, 6.45) is 4.64. The third-order valence-electron chi connectivity index (χ3n) is 11.8. The first-order chi connectivity index (χ1) is 27.9. The highest BCUT2D eigenvalue weighted by Crippen LogP contribution is 2.36. The van der Waals surface area contributed by atoms with Crippen molar-refractivity contribution < 1.29 is 32.9 Å². The van der Waals surface area contributed by atoms with Crippen molar-refractivity contribution in [2.45, 2.75) is 75.7 Å². The number of imide groups is 1. The second kappa shape index (κ2) is 16.5. The van der Waals surface area contributed by atoms with E-state index in [2.05, 4.69) is 36.0 Å². The van der Waals surface area contributed by atoms with Crippen LogP contribution in [0.4, 0.5) is 36.1 Å². The van der Waals surface area contributed by atoms with Crippen LogP contribution in [0.15, 0.2) is 42.9 Å². The molecule has 58 heavy (non-hydrogen) atoms. The van der Waals surface area contributed by atoms with E-state index in [1.54, 1.807) is 21.8 Å². The molecule has 1 aromatic carbocycles. The van der Waals surface area contributed by atoms with Gasteiger partial charge in [0.15, 0.2) is 11.3 Å². The lowest BCUT2D eigenvalue weighted by Crippen LogP contribution is -2.73. The minimum Gasteiger partial charge on any atom is -0.380 e. The molecule has 3 atom stereocenters. The van der Waals surface area contributed by atoms with Gasteiger partial charge < -0.3 is 32.0 Å². The maximum Gasteiger partial charge on any atom is 0.284 e. The van der Waals surface area contributed by atoms with E-state index in [9.17, 15) is 27.6 Å². The van der Waals surface area contributed by atoms with Gasteiger partial charge in [-0.05, 0) is 62.6 Å². The zero-order valence-electron chi connectivity index (χ0n) is 32.2. The number of hydrogen-bond acceptors (Lipinski definition) is 11. The van der Waals surface area contributed by atoms with Gasteiger partial charge in [0.05, 0.1) is 54.8 Å². The summed E-state index contributed by atoms with van der Waals surface area (Å²) in [6, 6.07) is 7.30. The molecular formula is C39H49F3N13O3+. The fraction of sp³-hybridized carbons (Fsp3) is 0.513. The molecule has 1 saturated carbocycles. The van der Waals surface area contributed by atoms with Crippen LogP contribution in [-0.4, -0.2) is 111 Å². The summed E-state index contributed by atoms with van der Waals surface area (Å²) in [7, 11) is 1.90. The molecule has 8 rings (SSSR count). The molecule has 3 amide bonds. The van der Waals surface area contributed by atoms with Gasteiger partial charge in [-0.3, -0.25) is 29.3 Å². The van der Waals surface area contributed by atoms with Crippen LogP contribution < -0.4 is 31.9 Å². The number of aromatic nitrogens is 5. The number of piperidine rings is 2. The molecule has 0 bridgehead atoms. The van der Waals surface area contributed by atoms with Crippen molar-refractivity contribution in [1.29, 1.82) is 5.41 Å². The first-order valence-corrected chi connectivity index (χ1v) is 19.9. The van der Waals surface area contributed by atoms with E-state index in [0.717, 1.165) is 56.7 Å². The molecule has 3 aliphatic heterocycles. The van der Waals surface area contributed by atoms with Gasteiger partial charge in [0.25, 0.3) is 12.3 Å². The molecule has 19 heteroatoms. The van der Waals surface area contributed by atoms with Crippen molar-refractivity contribution in [3.8, 4) is 0 Å². The molecular weight excluding hydrogens is 756 g/mol. The van der Waals surface area contributed by atoms with E-state index < -0.39 is 36.0 Å². The number of halogens is 3. The Hall–Kier alpha value is -5.40. The molecule has 1 aliphatic carbocycles. The van der Waals surface area contributed by atoms with Crippen LogP contribution in [0.5, 0.6) is 0 Å². The second-order valence-corrected chi connectivity index (χ2v) is 16.0. The maximum atomic E-state index is 14.2. The minimum atomic E-state index is -2.90. The lowest BCUT2D eigenvalue weighted by Gasteiger charge is -2.43. The Morgan fingerprint density at radius 2 is 1.88 bits per heavy atom. The molecule has 4 aliphatic rings. The van der Waals surface area contributed by atoms with E-state index in [-0.39, 0.29) is 66.0 Å². The molecule has 4 aromatic rings. The molecule has 3 aromatic heterocycles. The molecule has 308 valence electrons. The fourth-order valence-electron chi connectivity index (χ4n) is 8.79. The van der Waals surface area contributed by atoms with Gasteiger partial charge in [0, 0.05) is 62.8 Å². The summed E-state index contributed by atoms with van der Waals surface area (Å²) in [5.41, 5.74) is 8.45. The predicted molar refractivity (Wildman–Crippen MR) is 209 cm³/mol. The number of benzene rings is 1. The van der Waals surface area contributed by atoms with E-state index in [4.69, 9.17) is 11.1 Å². The summed E-state index contributed by atoms with van der Waals surface area (Å²) < 4.78 is 45.7. The lowest BCUT2D eigenvalue weighted by molar-refractivity contribution is -0.539. The van der Waals surface area contributed by atoms with Crippen molar-refractivity contribution in [1.82, 2.24) is 34.6 Å². The summed E-state index contributed by atoms with van der Waals surface area (Å²) >= 11 is 0. The number of nitrogens with zero attached hydrogens (tertiary/aromatic N) is 7. The van der Waals surface area contributed by atoms with Gasteiger partial charge >= 0.3 is 0 Å². The molecule has 6 heterocycles. The number of fused-ring (bicyclic) bond motifs is 1. The predicted octanol–water partition coefficient (Wildman–Crippen LogP) is 2.76. The summed E-state index contributed by atoms with van der Waals surface area (Å²) in [5, 5.41) is 27.6. The quantitative estimate of drug-likeness (QED) is 0.0702. The van der Waals surface area contributed by atoms with Crippen molar-refractivity contribution >= 4 is 52.0 Å². The second-order valence-electron chi connectivity index (χ2n) is 16.0. The highest BCUT2D eigenvalue weighted by molar-refractivity contribution is 6.17. The normalized spacial score (nSPS) is 24.5. The van der Waals surface area contributed by atoms with Crippen molar-refractivity contribution in [2.75, 3.05) is 55.3 Å². The zero-order chi connectivity index (χ0) is 40.7. The first-order valence-electron chi connectivity index (χ1n) is 19.9. The number of likely N-dealkylation sites (tertiary alicyclic amines) is 1. The number of rotatable bonds is 12. The van der Waals surface area contributed by atoms with Crippen LogP contribution in [0.1, 0.15) is 79.0 Å². The number of nitrogens with one attached hydrogen (secondary N) is 4. The number of carbonyl (C=O) groups is 3. The Balaban J connectivity index is 0.830. The number of nitrogens with two attached hydrogens (primary N) is 2. The average molecular weight is 805 g/mol. The molecule has 1 unspecified atom stereocenters. The highest BCUT2D eigenvalue weighted by Gasteiger charge is 2.34. The Kier molecular flexibility index (Phi) is 11.2. The van der Waals surface area contributed by atoms with Crippen LogP contribution in [0, 0.1) is 17.2 Å². The van der Waals surface area contributed by atoms with Gasteiger partial charge in [-0.1, -0.05) is 0 Å². The minimum absolute atomic E-state index is 0.0646. The Bertz CT molecular complexity index is 2190. The number of carbonyl (C=O) groups excluding carboxylic acids is 3. The van der Waals surface area contributed by atoms with Crippen LogP contribution in [-0.2, 0) is 9.59 Å². The van der Waals surface area contributed by atoms with Crippen LogP contribution >= 0.6 is 0 Å². The number of alkyl halides is 3. The Morgan fingerprint density at radius 3 is 2.60 bits per heavy atom.